The van der Waals surface area contributed by atoms with Gasteiger partial charge in [0, 0.05) is 33.4 Å². The molecular formula is C33H31BCl6IO6P3. The van der Waals surface area contributed by atoms with E-state index in [9.17, 15) is 28.8 Å². The Balaban J connectivity index is 0. The van der Waals surface area contributed by atoms with E-state index in [2.05, 4.69) is 37.8 Å². The number of rotatable bonds is 7. The smallest absolute Gasteiger partial charge is 0.252 e. The lowest BCUT2D eigenvalue weighted by molar-refractivity contribution is 0.106. The van der Waals surface area contributed by atoms with Crippen LogP contribution in [0.25, 0.3) is 11.1 Å². The molecule has 0 aliphatic heterocycles. The van der Waals surface area contributed by atoms with Crippen LogP contribution in [0.4, 0.5) is 0 Å². The molecule has 0 amide bonds. The van der Waals surface area contributed by atoms with Crippen LogP contribution in [0.5, 0.6) is 0 Å². The quantitative estimate of drug-likeness (QED) is 0.0791. The molecule has 0 N–H and O–H groups in total. The first-order valence-corrected chi connectivity index (χ1v) is 22.0. The molecule has 17 heteroatoms. The SMILES string of the molecule is CPI.O=C(Cl)c1ccc(-c2ccc(C(=O)Cl)cc2)cc1.O=C(Cl)c1ccc(C(=O)Cl)cc1.O=C(Cl)c1cccc(C(=O)Cl)c1.[2H]B(C)P.[3H]PC. The van der Waals surface area contributed by atoms with E-state index in [4.69, 9.17) is 72.2 Å². The summed E-state index contributed by atoms with van der Waals surface area (Å²) in [4.78, 5) is 64.3. The summed E-state index contributed by atoms with van der Waals surface area (Å²) in [7, 11) is 2.66. The molecule has 0 saturated carbocycles. The van der Waals surface area contributed by atoms with Gasteiger partial charge in [-0.15, -0.1) is 9.18 Å². The van der Waals surface area contributed by atoms with Gasteiger partial charge in [0.25, 0.3) is 31.5 Å². The molecule has 0 spiro atoms. The van der Waals surface area contributed by atoms with Crippen LogP contribution in [0.1, 0.15) is 62.1 Å². The summed E-state index contributed by atoms with van der Waals surface area (Å²) in [6.07, 6.45) is 1.05. The Morgan fingerprint density at radius 2 is 0.780 bits per heavy atom. The molecule has 0 aliphatic rings. The zero-order valence-electron chi connectivity index (χ0n) is 28.5. The molecule has 3 atom stereocenters. The minimum Gasteiger partial charge on any atom is -0.276 e. The maximum Gasteiger partial charge on any atom is 0.252 e. The lowest BCUT2D eigenvalue weighted by atomic mass is 10.0. The monoisotopic (exact) mass is 967 g/mol. The van der Waals surface area contributed by atoms with Gasteiger partial charge < -0.3 is 0 Å². The van der Waals surface area contributed by atoms with Crippen molar-refractivity contribution in [1.29, 1.82) is 2.61 Å². The summed E-state index contributed by atoms with van der Waals surface area (Å²) >= 11 is 33.8. The molecule has 0 aromatic heterocycles. The first kappa shape index (κ1) is 46.7. The van der Waals surface area contributed by atoms with Crippen molar-refractivity contribution in [2.45, 2.75) is 6.82 Å². The lowest BCUT2D eigenvalue weighted by Gasteiger charge is -2.03. The van der Waals surface area contributed by atoms with E-state index in [1.165, 1.54) is 42.5 Å². The first-order valence-electron chi connectivity index (χ1n) is 14.6. The normalized spacial score (nSPS) is 9.98. The van der Waals surface area contributed by atoms with Gasteiger partial charge in [0.1, 0.15) is 6.96 Å². The van der Waals surface area contributed by atoms with Crippen LogP contribution in [-0.4, -0.2) is 54.4 Å². The van der Waals surface area contributed by atoms with Crippen molar-refractivity contribution in [3.63, 3.8) is 0 Å². The van der Waals surface area contributed by atoms with Crippen LogP contribution < -0.4 is 0 Å². The Kier molecular flexibility index (Phi) is 28.2. The van der Waals surface area contributed by atoms with Gasteiger partial charge in [-0.3, -0.25) is 28.8 Å². The Morgan fingerprint density at radius 3 is 0.960 bits per heavy atom. The van der Waals surface area contributed by atoms with Crippen LogP contribution >= 0.6 is 116 Å². The van der Waals surface area contributed by atoms with Gasteiger partial charge in [-0.1, -0.05) is 84.2 Å². The molecule has 0 heterocycles. The van der Waals surface area contributed by atoms with E-state index in [1.807, 2.05) is 6.66 Å². The van der Waals surface area contributed by atoms with E-state index in [-0.39, 0.29) is 18.1 Å². The highest BCUT2D eigenvalue weighted by atomic mass is 127. The molecule has 3 unspecified atom stereocenters. The van der Waals surface area contributed by atoms with Crippen molar-refractivity contribution in [1.82, 2.24) is 0 Å². The van der Waals surface area contributed by atoms with Crippen molar-refractivity contribution in [2.24, 2.45) is 0 Å². The van der Waals surface area contributed by atoms with Gasteiger partial charge in [0.15, 0.2) is 0 Å². The minimum atomic E-state index is -0.602. The second kappa shape index (κ2) is 30.2. The molecule has 6 nitrogen and oxygen atoms in total. The van der Waals surface area contributed by atoms with Gasteiger partial charge in [-0.2, -0.15) is 9.12 Å². The predicted molar refractivity (Wildman–Crippen MR) is 232 cm³/mol. The van der Waals surface area contributed by atoms with Crippen molar-refractivity contribution < 1.29 is 28.8 Å². The standard InChI is InChI=1S/C14H8Cl2O2.2C8H4Cl2O2.CH6BP.CH4IP.CH5P/c15-13(17)11-5-1-9(2-6-11)10-3-7-12(8-4-10)14(16)18;9-7(11)5-1-2-6(4-3-5)8(10)12;9-7(11)5-2-1-3-6(4-5)8(10)12;1-2-3;1-3-2;1-2/h1-8H;2*1-4H;2H,3H2,1H3;3H,1H3;2H2,1H3/i;;;2D;;2T. The van der Waals surface area contributed by atoms with Gasteiger partial charge in [0.2, 0.25) is 0 Å². The van der Waals surface area contributed by atoms with E-state index < -0.39 is 31.5 Å². The Labute approximate surface area is 344 Å². The number of carbonyl (C=O) groups excluding carboxylic acids is 6. The zero-order chi connectivity index (χ0) is 40.4. The zero-order valence-corrected chi connectivity index (χ0v) is 36.3. The summed E-state index contributed by atoms with van der Waals surface area (Å²) in [5.41, 5.74) is 4.00. The molecule has 0 radical (unpaired) electrons. The third-order valence-corrected chi connectivity index (χ3v) is 6.52. The molecule has 0 aliphatic carbocycles. The predicted octanol–water partition coefficient (Wildman–Crippen LogP) is 11.4. The summed E-state index contributed by atoms with van der Waals surface area (Å²) in [6.45, 7) is 5.76. The maximum absolute atomic E-state index is 10.9. The summed E-state index contributed by atoms with van der Waals surface area (Å²) in [6, 6.07) is 25.5. The van der Waals surface area contributed by atoms with Crippen LogP contribution in [0, 0.1) is 0 Å². The molecule has 4 aromatic carbocycles. The van der Waals surface area contributed by atoms with Crippen LogP contribution in [0.3, 0.4) is 0 Å². The third kappa shape index (κ3) is 21.9. The first-order chi connectivity index (χ1) is 24.4. The van der Waals surface area contributed by atoms with Crippen molar-refractivity contribution in [3.05, 3.63) is 130 Å². The van der Waals surface area contributed by atoms with Crippen LogP contribution in [-0.2, 0) is 0 Å². The molecule has 0 bridgehead atoms. The molecule has 50 heavy (non-hydrogen) atoms. The Morgan fingerprint density at radius 1 is 0.600 bits per heavy atom. The van der Waals surface area contributed by atoms with Gasteiger partial charge in [0.05, 0.1) is 1.28 Å². The van der Waals surface area contributed by atoms with Crippen molar-refractivity contribution in [2.75, 3.05) is 13.3 Å². The highest BCUT2D eigenvalue weighted by Gasteiger charge is 2.07. The molecule has 266 valence electrons. The van der Waals surface area contributed by atoms with E-state index in [0.29, 0.717) is 31.4 Å². The highest BCUT2D eigenvalue weighted by Crippen LogP contribution is 2.21. The Bertz CT molecular complexity index is 1620. The number of benzene rings is 4. The van der Waals surface area contributed by atoms with Crippen molar-refractivity contribution in [3.8, 4) is 11.1 Å². The van der Waals surface area contributed by atoms with Gasteiger partial charge in [-0.05, 0) is 143 Å². The largest absolute Gasteiger partial charge is 0.276 e. The molecular weight excluding hydrogens is 936 g/mol. The van der Waals surface area contributed by atoms with Crippen LogP contribution in [0.15, 0.2) is 97.1 Å². The third-order valence-electron chi connectivity index (χ3n) is 5.21. The fourth-order valence-corrected chi connectivity index (χ4v) is 3.82. The van der Waals surface area contributed by atoms with Crippen LogP contribution in [0.2, 0.25) is 6.82 Å². The number of hydrogen-bond donors (Lipinski definition) is 0. The lowest BCUT2D eigenvalue weighted by Crippen LogP contribution is -1.93. The number of hydrogen-bond acceptors (Lipinski definition) is 6. The topological polar surface area (TPSA) is 102 Å². The van der Waals surface area contributed by atoms with E-state index in [0.717, 1.165) is 17.4 Å². The Hall–Kier alpha value is -1.28. The number of carbonyl (C=O) groups is 6. The van der Waals surface area contributed by atoms with Gasteiger partial charge in [-0.25, -0.2) is 0 Å². The van der Waals surface area contributed by atoms with Gasteiger partial charge >= 0.3 is 0 Å². The summed E-state index contributed by atoms with van der Waals surface area (Å²) in [5.74, 6) is 0. The van der Waals surface area contributed by atoms with E-state index in [1.54, 1.807) is 61.4 Å². The number of halogens is 7. The molecule has 0 saturated heterocycles. The van der Waals surface area contributed by atoms with E-state index >= 15 is 0 Å². The van der Waals surface area contributed by atoms with Crippen molar-refractivity contribution >= 4 is 155 Å². The minimum absolute atomic E-state index is 0.000000000000000222. The average molecular weight is 970 g/mol. The second-order valence-corrected chi connectivity index (χ2v) is 14.8. The highest BCUT2D eigenvalue weighted by molar-refractivity contribution is 14.2. The maximum atomic E-state index is 10.9. The second-order valence-electron chi connectivity index (χ2n) is 8.48. The average Bonchev–Trinajstić information content (AvgIpc) is 3.09. The molecule has 0 fully saturated rings. The summed E-state index contributed by atoms with van der Waals surface area (Å²) < 4.78 is 12.8. The fraction of sp³-hybridized carbons (Fsp3) is 0.0909. The fourth-order valence-electron chi connectivity index (χ4n) is 3.08. The summed E-state index contributed by atoms with van der Waals surface area (Å²) in [5, 5.41) is -3.27. The molecule has 4 rings (SSSR count). The molecule has 4 aromatic rings.